The molecule has 1 aliphatic heterocycles. The van der Waals surface area contributed by atoms with Crippen LogP contribution in [0.25, 0.3) is 10.6 Å². The van der Waals surface area contributed by atoms with Gasteiger partial charge in [-0.25, -0.2) is 9.37 Å². The maximum absolute atomic E-state index is 14.0. The summed E-state index contributed by atoms with van der Waals surface area (Å²) in [5.41, 5.74) is 1.60. The molecule has 1 aliphatic rings. The maximum Gasteiger partial charge on any atom is 0.273 e. The Morgan fingerprint density at radius 2 is 2.00 bits per heavy atom. The lowest BCUT2D eigenvalue weighted by atomic mass is 10.2. The first-order valence-corrected chi connectivity index (χ1v) is 11.5. The minimum Gasteiger partial charge on any atom is -0.489 e. The summed E-state index contributed by atoms with van der Waals surface area (Å²) in [5, 5.41) is 2.85. The Morgan fingerprint density at radius 1 is 1.22 bits per heavy atom. The van der Waals surface area contributed by atoms with Crippen LogP contribution in [0.3, 0.4) is 0 Å². The highest BCUT2D eigenvalue weighted by Gasteiger charge is 2.23. The van der Waals surface area contributed by atoms with Gasteiger partial charge < -0.3 is 9.64 Å². The zero-order chi connectivity index (χ0) is 22.5. The summed E-state index contributed by atoms with van der Waals surface area (Å²) in [5.74, 6) is 0.123. The molecule has 8 heteroatoms. The first-order chi connectivity index (χ1) is 15.5. The SMILES string of the molecule is C=CCN1CCN(C(=O)c2csc(-c3cccc(OCc4c(F)cccc4Cl)c3)n2)CC1. The average molecular weight is 472 g/mol. The quantitative estimate of drug-likeness (QED) is 0.448. The van der Waals surface area contributed by atoms with Gasteiger partial charge in [-0.05, 0) is 24.3 Å². The summed E-state index contributed by atoms with van der Waals surface area (Å²) in [6.45, 7) is 7.66. The maximum atomic E-state index is 14.0. The predicted octanol–water partition coefficient (Wildman–Crippen LogP) is 5.13. The number of thiazole rings is 1. The molecule has 0 saturated carbocycles. The number of nitrogens with zero attached hydrogens (tertiary/aromatic N) is 3. The number of piperazine rings is 1. The Balaban J connectivity index is 1.42. The first kappa shape index (κ1) is 22.5. The van der Waals surface area contributed by atoms with Crippen molar-refractivity contribution in [3.8, 4) is 16.3 Å². The van der Waals surface area contributed by atoms with E-state index in [-0.39, 0.29) is 12.5 Å². The highest BCUT2D eigenvalue weighted by molar-refractivity contribution is 7.13. The van der Waals surface area contributed by atoms with Crippen molar-refractivity contribution in [3.05, 3.63) is 82.6 Å². The number of hydrogen-bond acceptors (Lipinski definition) is 5. The highest BCUT2D eigenvalue weighted by atomic mass is 35.5. The van der Waals surface area contributed by atoms with Gasteiger partial charge in [0.25, 0.3) is 5.91 Å². The van der Waals surface area contributed by atoms with Crippen LogP contribution >= 0.6 is 22.9 Å². The number of hydrogen-bond donors (Lipinski definition) is 0. The van der Waals surface area contributed by atoms with Crippen molar-refractivity contribution in [1.29, 1.82) is 0 Å². The van der Waals surface area contributed by atoms with Gasteiger partial charge in [-0.3, -0.25) is 9.69 Å². The summed E-state index contributed by atoms with van der Waals surface area (Å²) in [7, 11) is 0. The Kier molecular flexibility index (Phi) is 7.19. The van der Waals surface area contributed by atoms with E-state index in [1.807, 2.05) is 29.2 Å². The van der Waals surface area contributed by atoms with E-state index in [2.05, 4.69) is 16.5 Å². The second kappa shape index (κ2) is 10.3. The molecule has 0 spiro atoms. The topological polar surface area (TPSA) is 45.7 Å². The minimum atomic E-state index is -0.401. The molecule has 1 fully saturated rings. The van der Waals surface area contributed by atoms with Crippen LogP contribution in [0.5, 0.6) is 5.75 Å². The van der Waals surface area contributed by atoms with Crippen LogP contribution in [-0.4, -0.2) is 53.4 Å². The van der Waals surface area contributed by atoms with Gasteiger partial charge in [0.1, 0.15) is 28.9 Å². The largest absolute Gasteiger partial charge is 0.489 e. The van der Waals surface area contributed by atoms with Crippen LogP contribution in [0.15, 0.2) is 60.5 Å². The Morgan fingerprint density at radius 3 is 2.75 bits per heavy atom. The second-order valence-electron chi connectivity index (χ2n) is 7.44. The lowest BCUT2D eigenvalue weighted by Crippen LogP contribution is -2.48. The Labute approximate surface area is 195 Å². The Hall–Kier alpha value is -2.74. The molecule has 0 bridgehead atoms. The van der Waals surface area contributed by atoms with Gasteiger partial charge in [-0.15, -0.1) is 17.9 Å². The standard InChI is InChI=1S/C24H23ClFN3O2S/c1-2-9-28-10-12-29(13-11-28)24(30)22-16-32-23(27-22)17-5-3-6-18(14-17)31-15-19-20(25)7-4-8-21(19)26/h2-8,14,16H,1,9-13,15H2. The molecule has 0 N–H and O–H groups in total. The number of ether oxygens (including phenoxy) is 1. The number of benzene rings is 2. The third-order valence-electron chi connectivity index (χ3n) is 5.30. The number of carbonyl (C=O) groups excluding carboxylic acids is 1. The molecule has 0 aliphatic carbocycles. The summed E-state index contributed by atoms with van der Waals surface area (Å²) in [6, 6.07) is 11.9. The van der Waals surface area contributed by atoms with Gasteiger partial charge in [0.2, 0.25) is 0 Å². The summed E-state index contributed by atoms with van der Waals surface area (Å²) in [6.07, 6.45) is 1.88. The normalized spacial score (nSPS) is 14.4. The van der Waals surface area contributed by atoms with Crippen molar-refractivity contribution in [2.75, 3.05) is 32.7 Å². The molecule has 166 valence electrons. The molecule has 1 amide bonds. The van der Waals surface area contributed by atoms with Crippen molar-refractivity contribution < 1.29 is 13.9 Å². The molecule has 0 atom stereocenters. The van der Waals surface area contributed by atoms with E-state index >= 15 is 0 Å². The molecule has 2 heterocycles. The van der Waals surface area contributed by atoms with E-state index in [4.69, 9.17) is 16.3 Å². The number of halogens is 2. The zero-order valence-electron chi connectivity index (χ0n) is 17.5. The smallest absolute Gasteiger partial charge is 0.273 e. The molecule has 32 heavy (non-hydrogen) atoms. The summed E-state index contributed by atoms with van der Waals surface area (Å²) >= 11 is 7.48. The Bertz CT molecular complexity index is 1090. The molecule has 5 nitrogen and oxygen atoms in total. The van der Waals surface area contributed by atoms with Crippen molar-refractivity contribution >= 4 is 28.8 Å². The molecule has 1 aromatic heterocycles. The van der Waals surface area contributed by atoms with Crippen molar-refractivity contribution in [2.24, 2.45) is 0 Å². The minimum absolute atomic E-state index is 0.0222. The molecule has 4 rings (SSSR count). The van der Waals surface area contributed by atoms with Crippen LogP contribution in [0.2, 0.25) is 5.02 Å². The molecule has 0 unspecified atom stereocenters. The van der Waals surface area contributed by atoms with Gasteiger partial charge in [0.15, 0.2) is 0 Å². The van der Waals surface area contributed by atoms with Crippen molar-refractivity contribution in [3.63, 3.8) is 0 Å². The average Bonchev–Trinajstić information content (AvgIpc) is 3.30. The van der Waals surface area contributed by atoms with Gasteiger partial charge in [0, 0.05) is 49.2 Å². The van der Waals surface area contributed by atoms with Crippen molar-refractivity contribution in [2.45, 2.75) is 6.61 Å². The predicted molar refractivity (Wildman–Crippen MR) is 126 cm³/mol. The summed E-state index contributed by atoms with van der Waals surface area (Å²) in [4.78, 5) is 21.5. The van der Waals surface area contributed by atoms with E-state index in [0.717, 1.165) is 30.2 Å². The second-order valence-corrected chi connectivity index (χ2v) is 8.70. The fraction of sp³-hybridized carbons (Fsp3) is 0.250. The molecule has 2 aromatic carbocycles. The van der Waals surface area contributed by atoms with Crippen LogP contribution in [-0.2, 0) is 6.61 Å². The van der Waals surface area contributed by atoms with Gasteiger partial charge in [0.05, 0.1) is 5.02 Å². The van der Waals surface area contributed by atoms with E-state index in [0.29, 0.717) is 35.1 Å². The monoisotopic (exact) mass is 471 g/mol. The van der Waals surface area contributed by atoms with E-state index in [9.17, 15) is 9.18 Å². The van der Waals surface area contributed by atoms with E-state index < -0.39 is 5.82 Å². The lowest BCUT2D eigenvalue weighted by molar-refractivity contribution is 0.0645. The molecule has 0 radical (unpaired) electrons. The van der Waals surface area contributed by atoms with Gasteiger partial charge >= 0.3 is 0 Å². The number of aromatic nitrogens is 1. The number of amides is 1. The van der Waals surface area contributed by atoms with Crippen LogP contribution in [0.1, 0.15) is 16.1 Å². The fourth-order valence-corrected chi connectivity index (χ4v) is 4.54. The number of rotatable bonds is 7. The molecule has 3 aromatic rings. The fourth-order valence-electron chi connectivity index (χ4n) is 3.53. The molecular formula is C24H23ClFN3O2S. The highest BCUT2D eigenvalue weighted by Crippen LogP contribution is 2.29. The molecule has 1 saturated heterocycles. The third-order valence-corrected chi connectivity index (χ3v) is 6.54. The van der Waals surface area contributed by atoms with Gasteiger partial charge in [-0.1, -0.05) is 35.9 Å². The first-order valence-electron chi connectivity index (χ1n) is 10.3. The van der Waals surface area contributed by atoms with Crippen LogP contribution in [0.4, 0.5) is 4.39 Å². The van der Waals surface area contributed by atoms with Crippen molar-refractivity contribution in [1.82, 2.24) is 14.8 Å². The van der Waals surface area contributed by atoms with E-state index in [1.54, 1.807) is 23.6 Å². The van der Waals surface area contributed by atoms with Crippen LogP contribution in [0, 0.1) is 5.82 Å². The van der Waals surface area contributed by atoms with Gasteiger partial charge in [-0.2, -0.15) is 0 Å². The lowest BCUT2D eigenvalue weighted by Gasteiger charge is -2.33. The number of carbonyl (C=O) groups is 1. The van der Waals surface area contributed by atoms with Crippen LogP contribution < -0.4 is 4.74 Å². The third kappa shape index (κ3) is 5.18. The zero-order valence-corrected chi connectivity index (χ0v) is 19.0. The van der Waals surface area contributed by atoms with E-state index in [1.165, 1.54) is 17.4 Å². The molecular weight excluding hydrogens is 449 g/mol. The summed E-state index contributed by atoms with van der Waals surface area (Å²) < 4.78 is 19.7.